The number of pyridine rings is 1. The first-order valence-corrected chi connectivity index (χ1v) is 16.3. The first-order chi connectivity index (χ1) is 23.8. The van der Waals surface area contributed by atoms with Crippen molar-refractivity contribution < 1.29 is 0 Å². The summed E-state index contributed by atoms with van der Waals surface area (Å²) in [5.41, 5.74) is 9.39. The van der Waals surface area contributed by atoms with Crippen molar-refractivity contribution in [3.8, 4) is 17.1 Å². The minimum atomic E-state index is 0.827. The van der Waals surface area contributed by atoms with E-state index in [1.165, 1.54) is 64.9 Å². The molecule has 0 aliphatic rings. The van der Waals surface area contributed by atoms with Crippen LogP contribution in [0.15, 0.2) is 140 Å². The van der Waals surface area contributed by atoms with Crippen LogP contribution in [-0.4, -0.2) is 23.9 Å². The molecule has 12 aromatic rings. The van der Waals surface area contributed by atoms with Crippen molar-refractivity contribution in [2.45, 2.75) is 0 Å². The highest BCUT2D eigenvalue weighted by atomic mass is 15.1. The van der Waals surface area contributed by atoms with Gasteiger partial charge < -0.3 is 4.40 Å². The van der Waals surface area contributed by atoms with Crippen LogP contribution in [0, 0.1) is 0 Å². The fraction of sp³-hybridized carbons (Fsp3) is 0. The van der Waals surface area contributed by atoms with E-state index in [2.05, 4.69) is 129 Å². The largest absolute Gasteiger partial charge is 0.306 e. The molecule has 12 rings (SSSR count). The Kier molecular flexibility index (Phi) is 4.41. The van der Waals surface area contributed by atoms with Crippen LogP contribution < -0.4 is 0 Å². The Morgan fingerprint density at radius 1 is 0.458 bits per heavy atom. The highest BCUT2D eigenvalue weighted by Crippen LogP contribution is 2.48. The number of fused-ring (bicyclic) bond motifs is 6. The van der Waals surface area contributed by atoms with Crippen LogP contribution in [0.25, 0.3) is 110 Å². The summed E-state index contributed by atoms with van der Waals surface area (Å²) in [6.45, 7) is 0. The zero-order valence-electron chi connectivity index (χ0n) is 25.5. The second kappa shape index (κ2) is 8.60. The van der Waals surface area contributed by atoms with Gasteiger partial charge in [0, 0.05) is 44.1 Å². The predicted octanol–water partition coefficient (Wildman–Crippen LogP) is 10.7. The van der Waals surface area contributed by atoms with Crippen molar-refractivity contribution in [2.75, 3.05) is 0 Å². The Hall–Kier alpha value is -6.59. The van der Waals surface area contributed by atoms with E-state index in [1.54, 1.807) is 0 Å². The quantitative estimate of drug-likeness (QED) is 0.183. The number of para-hydroxylation sites is 2. The van der Waals surface area contributed by atoms with Gasteiger partial charge in [0.05, 0.1) is 44.8 Å². The summed E-state index contributed by atoms with van der Waals surface area (Å²) in [5.74, 6) is 0.827. The molecule has 0 unspecified atom stereocenters. The van der Waals surface area contributed by atoms with E-state index in [0.717, 1.165) is 44.7 Å². The number of aromatic nitrogens is 5. The summed E-state index contributed by atoms with van der Waals surface area (Å²) in [6, 6.07) is 45.7. The Morgan fingerprint density at radius 2 is 1.19 bits per heavy atom. The smallest absolute Gasteiger partial charge is 0.165 e. The molecule has 0 fully saturated rings. The molecule has 0 aliphatic heterocycles. The minimum Gasteiger partial charge on any atom is -0.306 e. The fourth-order valence-electron chi connectivity index (χ4n) is 8.45. The van der Waals surface area contributed by atoms with Gasteiger partial charge in [0.2, 0.25) is 0 Å². The van der Waals surface area contributed by atoms with Crippen molar-refractivity contribution in [3.05, 3.63) is 140 Å². The molecule has 5 heterocycles. The lowest BCUT2D eigenvalue weighted by molar-refractivity contribution is 1.08. The van der Waals surface area contributed by atoms with Crippen molar-refractivity contribution in [1.82, 2.24) is 23.9 Å². The van der Waals surface area contributed by atoms with Crippen LogP contribution in [-0.2, 0) is 0 Å². The molecular formula is C43H23N5. The third-order valence-corrected chi connectivity index (χ3v) is 10.5. The molecule has 220 valence electrons. The molecule has 0 radical (unpaired) electrons. The van der Waals surface area contributed by atoms with E-state index < -0.39 is 0 Å². The van der Waals surface area contributed by atoms with Crippen LogP contribution >= 0.6 is 0 Å². The fourth-order valence-corrected chi connectivity index (χ4v) is 8.45. The van der Waals surface area contributed by atoms with Gasteiger partial charge in [0.15, 0.2) is 5.82 Å². The number of hydrogen-bond donors (Lipinski definition) is 0. The Balaban J connectivity index is 1.35. The van der Waals surface area contributed by atoms with Gasteiger partial charge in [-0.25, -0.2) is 9.97 Å². The Bertz CT molecular complexity index is 3290. The van der Waals surface area contributed by atoms with Gasteiger partial charge in [0.1, 0.15) is 5.69 Å². The molecule has 0 saturated heterocycles. The van der Waals surface area contributed by atoms with E-state index in [4.69, 9.17) is 9.97 Å². The summed E-state index contributed by atoms with van der Waals surface area (Å²) in [7, 11) is 0. The molecule has 0 aliphatic carbocycles. The lowest BCUT2D eigenvalue weighted by Gasteiger charge is -2.15. The first-order valence-electron chi connectivity index (χ1n) is 16.3. The molecule has 0 N–H and O–H groups in total. The molecule has 5 heteroatoms. The lowest BCUT2D eigenvalue weighted by Crippen LogP contribution is -2.04. The van der Waals surface area contributed by atoms with E-state index in [1.807, 2.05) is 24.5 Å². The third-order valence-electron chi connectivity index (χ3n) is 10.5. The minimum absolute atomic E-state index is 0.827. The van der Waals surface area contributed by atoms with Crippen molar-refractivity contribution >= 4 is 92.5 Å². The van der Waals surface area contributed by atoms with Crippen LogP contribution in [0.4, 0.5) is 0 Å². The highest BCUT2D eigenvalue weighted by molar-refractivity contribution is 6.37. The molecule has 0 saturated carbocycles. The summed E-state index contributed by atoms with van der Waals surface area (Å²) in [4.78, 5) is 15.4. The lowest BCUT2D eigenvalue weighted by atomic mass is 9.97. The van der Waals surface area contributed by atoms with Gasteiger partial charge >= 0.3 is 0 Å². The topological polar surface area (TPSA) is 48.0 Å². The standard InChI is InChI=1S/C43H23N5/c1-2-7-27-22-28(15-12-24(27)6-1)41-43(46-32-10-4-3-9-31(32)45-41)48-34-18-16-26-14-13-25-8-5-11-33-37(25)38(26)39(34)40-35(48)19-17-30-29-20-21-44-23-36(29)47(33)42(30)40/h1-23H. The van der Waals surface area contributed by atoms with Gasteiger partial charge in [-0.15, -0.1) is 0 Å². The zero-order chi connectivity index (χ0) is 31.1. The molecule has 5 aromatic heterocycles. The third kappa shape index (κ3) is 2.95. The first kappa shape index (κ1) is 24.6. The van der Waals surface area contributed by atoms with Crippen molar-refractivity contribution in [3.63, 3.8) is 0 Å². The van der Waals surface area contributed by atoms with Crippen LogP contribution in [0.1, 0.15) is 0 Å². The molecule has 0 bridgehead atoms. The van der Waals surface area contributed by atoms with Gasteiger partial charge in [-0.3, -0.25) is 9.55 Å². The molecule has 48 heavy (non-hydrogen) atoms. The van der Waals surface area contributed by atoms with Gasteiger partial charge in [-0.1, -0.05) is 84.9 Å². The second-order valence-electron chi connectivity index (χ2n) is 12.9. The maximum absolute atomic E-state index is 5.44. The number of hydrogen-bond acceptors (Lipinski definition) is 3. The Morgan fingerprint density at radius 3 is 2.10 bits per heavy atom. The van der Waals surface area contributed by atoms with Gasteiger partial charge in [0.25, 0.3) is 0 Å². The maximum atomic E-state index is 5.44. The zero-order valence-corrected chi connectivity index (χ0v) is 25.5. The molecule has 0 spiro atoms. The van der Waals surface area contributed by atoms with Crippen LogP contribution in [0.5, 0.6) is 0 Å². The molecule has 5 nitrogen and oxygen atoms in total. The van der Waals surface area contributed by atoms with E-state index >= 15 is 0 Å². The second-order valence-corrected chi connectivity index (χ2v) is 12.9. The van der Waals surface area contributed by atoms with E-state index in [9.17, 15) is 0 Å². The van der Waals surface area contributed by atoms with E-state index in [0.29, 0.717) is 0 Å². The predicted molar refractivity (Wildman–Crippen MR) is 198 cm³/mol. The maximum Gasteiger partial charge on any atom is 0.165 e. The van der Waals surface area contributed by atoms with Crippen molar-refractivity contribution in [1.29, 1.82) is 0 Å². The summed E-state index contributed by atoms with van der Waals surface area (Å²) < 4.78 is 4.81. The monoisotopic (exact) mass is 609 g/mol. The van der Waals surface area contributed by atoms with Crippen LogP contribution in [0.2, 0.25) is 0 Å². The van der Waals surface area contributed by atoms with Gasteiger partial charge in [-0.05, 0) is 64.0 Å². The average molecular weight is 610 g/mol. The van der Waals surface area contributed by atoms with E-state index in [-0.39, 0.29) is 0 Å². The Labute approximate surface area is 272 Å². The SMILES string of the molecule is c1ccc2cc(-c3nc4ccccc4nc3-n3c4ccc5ccc6cccc7c6c5c4c4c3ccc3c5ccncc5n7c34)ccc2c1. The van der Waals surface area contributed by atoms with Crippen LogP contribution in [0.3, 0.4) is 0 Å². The average Bonchev–Trinajstić information content (AvgIpc) is 3.62. The summed E-state index contributed by atoms with van der Waals surface area (Å²) in [5, 5.41) is 12.3. The number of nitrogens with zero attached hydrogens (tertiary/aromatic N) is 5. The molecular weight excluding hydrogens is 587 g/mol. The van der Waals surface area contributed by atoms with Gasteiger partial charge in [-0.2, -0.15) is 0 Å². The molecule has 0 atom stereocenters. The summed E-state index contributed by atoms with van der Waals surface area (Å²) in [6.07, 6.45) is 3.91. The normalized spacial score (nSPS) is 12.6. The highest BCUT2D eigenvalue weighted by Gasteiger charge is 2.26. The molecule has 0 amide bonds. The number of benzene rings is 7. The van der Waals surface area contributed by atoms with Crippen molar-refractivity contribution in [2.24, 2.45) is 0 Å². The number of rotatable bonds is 2. The molecule has 7 aromatic carbocycles. The summed E-state index contributed by atoms with van der Waals surface area (Å²) >= 11 is 0.